The quantitative estimate of drug-likeness (QED) is 0.462. The Labute approximate surface area is 175 Å². The first-order valence-electron chi connectivity index (χ1n) is 9.28. The first-order valence-corrected chi connectivity index (χ1v) is 11.0. The molecule has 1 atom stereocenters. The Bertz CT molecular complexity index is 1250. The van der Waals surface area contributed by atoms with Crippen LogP contribution in [-0.2, 0) is 17.8 Å². The second-order valence-corrected chi connectivity index (χ2v) is 9.31. The summed E-state index contributed by atoms with van der Waals surface area (Å²) < 4.78 is 7.13. The highest BCUT2D eigenvalue weighted by molar-refractivity contribution is 8.15. The molecule has 2 amide bonds. The van der Waals surface area contributed by atoms with Crippen LogP contribution in [0.3, 0.4) is 0 Å². The molecule has 1 aliphatic rings. The van der Waals surface area contributed by atoms with E-state index >= 15 is 0 Å². The maximum absolute atomic E-state index is 11.8. The van der Waals surface area contributed by atoms with Gasteiger partial charge in [0.25, 0.3) is 5.24 Å². The molecule has 6 heteroatoms. The van der Waals surface area contributed by atoms with E-state index in [1.54, 1.807) is 11.3 Å². The molecular weight excluding hydrogens is 402 g/mol. The molecule has 0 aliphatic carbocycles. The number of ether oxygens (including phenoxy) is 1. The molecule has 144 valence electrons. The van der Waals surface area contributed by atoms with Crippen LogP contribution in [-0.4, -0.2) is 16.4 Å². The maximum Gasteiger partial charge on any atom is 0.286 e. The number of carbonyl (C=O) groups excluding carboxylic acids is 2. The highest BCUT2D eigenvalue weighted by Gasteiger charge is 2.31. The van der Waals surface area contributed by atoms with Crippen molar-refractivity contribution in [2.24, 2.45) is 0 Å². The summed E-state index contributed by atoms with van der Waals surface area (Å²) in [6, 6.07) is 22.8. The normalized spacial score (nSPS) is 16.5. The summed E-state index contributed by atoms with van der Waals surface area (Å²) >= 11 is 2.71. The molecule has 1 fully saturated rings. The highest BCUT2D eigenvalue weighted by Crippen LogP contribution is 2.33. The van der Waals surface area contributed by atoms with Crippen LogP contribution in [0.4, 0.5) is 4.79 Å². The number of rotatable bonds is 5. The molecule has 5 rings (SSSR count). The fourth-order valence-corrected chi connectivity index (χ4v) is 5.55. The van der Waals surface area contributed by atoms with Gasteiger partial charge in [-0.15, -0.1) is 11.3 Å². The molecule has 29 heavy (non-hydrogen) atoms. The molecule has 0 radical (unpaired) electrons. The molecule has 1 N–H and O–H groups in total. The lowest BCUT2D eigenvalue weighted by atomic mass is 10.1. The Kier molecular flexibility index (Phi) is 4.73. The van der Waals surface area contributed by atoms with Crippen molar-refractivity contribution < 1.29 is 14.3 Å². The van der Waals surface area contributed by atoms with E-state index in [1.807, 2.05) is 30.3 Å². The SMILES string of the molecule is O=C1NC(=O)C(Cc2cc3ccc(OCc4ccc5ccccc5c4)cc3s2)S1. The van der Waals surface area contributed by atoms with Crippen molar-refractivity contribution in [2.75, 3.05) is 0 Å². The first-order chi connectivity index (χ1) is 14.1. The summed E-state index contributed by atoms with van der Waals surface area (Å²) in [4.78, 5) is 24.2. The van der Waals surface area contributed by atoms with E-state index < -0.39 is 0 Å². The molecule has 4 aromatic rings. The van der Waals surface area contributed by atoms with Crippen molar-refractivity contribution in [3.8, 4) is 5.75 Å². The summed E-state index contributed by atoms with van der Waals surface area (Å²) in [6.07, 6.45) is 0.564. The van der Waals surface area contributed by atoms with E-state index in [1.165, 1.54) is 10.8 Å². The lowest BCUT2D eigenvalue weighted by molar-refractivity contribution is -0.118. The minimum atomic E-state index is -0.334. The van der Waals surface area contributed by atoms with E-state index in [9.17, 15) is 9.59 Å². The summed E-state index contributed by atoms with van der Waals surface area (Å²) in [5.74, 6) is 0.624. The summed E-state index contributed by atoms with van der Waals surface area (Å²) in [6.45, 7) is 0.509. The van der Waals surface area contributed by atoms with Crippen LogP contribution >= 0.6 is 23.1 Å². The number of benzene rings is 3. The summed E-state index contributed by atoms with van der Waals surface area (Å²) in [7, 11) is 0. The minimum absolute atomic E-state index is 0.197. The minimum Gasteiger partial charge on any atom is -0.489 e. The fraction of sp³-hybridized carbons (Fsp3) is 0.130. The van der Waals surface area contributed by atoms with Gasteiger partial charge >= 0.3 is 0 Å². The smallest absolute Gasteiger partial charge is 0.286 e. The first kappa shape index (κ1) is 18.2. The van der Waals surface area contributed by atoms with Gasteiger partial charge in [0.1, 0.15) is 12.4 Å². The van der Waals surface area contributed by atoms with Gasteiger partial charge in [-0.25, -0.2) is 0 Å². The number of imide groups is 1. The third kappa shape index (κ3) is 3.86. The van der Waals surface area contributed by atoms with Crippen LogP contribution in [0.1, 0.15) is 10.4 Å². The average molecular weight is 420 g/mol. The van der Waals surface area contributed by atoms with Gasteiger partial charge < -0.3 is 4.74 Å². The zero-order valence-electron chi connectivity index (χ0n) is 15.4. The van der Waals surface area contributed by atoms with E-state index in [2.05, 4.69) is 41.7 Å². The number of thioether (sulfide) groups is 1. The highest BCUT2D eigenvalue weighted by atomic mass is 32.2. The lowest BCUT2D eigenvalue weighted by Crippen LogP contribution is -2.25. The van der Waals surface area contributed by atoms with Crippen LogP contribution in [0, 0.1) is 0 Å². The third-order valence-electron chi connectivity index (χ3n) is 4.92. The molecule has 1 aromatic heterocycles. The van der Waals surface area contributed by atoms with Crippen LogP contribution in [0.25, 0.3) is 20.9 Å². The lowest BCUT2D eigenvalue weighted by Gasteiger charge is -2.07. The molecule has 0 bridgehead atoms. The van der Waals surface area contributed by atoms with E-state index in [4.69, 9.17) is 4.74 Å². The molecule has 1 aliphatic heterocycles. The van der Waals surface area contributed by atoms with Crippen molar-refractivity contribution in [1.82, 2.24) is 5.32 Å². The molecule has 2 heterocycles. The van der Waals surface area contributed by atoms with Gasteiger partial charge in [0.05, 0.1) is 5.25 Å². The van der Waals surface area contributed by atoms with Crippen LogP contribution in [0.5, 0.6) is 5.75 Å². The van der Waals surface area contributed by atoms with Gasteiger partial charge in [-0.05, 0) is 52.1 Å². The maximum atomic E-state index is 11.8. The zero-order valence-corrected chi connectivity index (χ0v) is 17.0. The van der Waals surface area contributed by atoms with Gasteiger partial charge in [-0.1, -0.05) is 48.2 Å². The summed E-state index contributed by atoms with van der Waals surface area (Å²) in [5.41, 5.74) is 1.13. The molecule has 0 spiro atoms. The number of fused-ring (bicyclic) bond motifs is 2. The van der Waals surface area contributed by atoms with E-state index in [0.717, 1.165) is 38.0 Å². The largest absolute Gasteiger partial charge is 0.489 e. The molecule has 4 nitrogen and oxygen atoms in total. The standard InChI is InChI=1S/C23H17NO3S2/c25-22-21(29-23(26)24-22)12-19-10-17-7-8-18(11-20(17)28-19)27-13-14-5-6-15-3-1-2-4-16(15)9-14/h1-11,21H,12-13H2,(H,24,25,26). The Morgan fingerprint density at radius 1 is 0.897 bits per heavy atom. The second kappa shape index (κ2) is 7.54. The number of thiophene rings is 1. The summed E-state index contributed by atoms with van der Waals surface area (Å²) in [5, 5.41) is 5.30. The predicted octanol–water partition coefficient (Wildman–Crippen LogP) is 5.53. The number of hydrogen-bond donors (Lipinski definition) is 1. The zero-order chi connectivity index (χ0) is 19.8. The van der Waals surface area contributed by atoms with Crippen molar-refractivity contribution in [3.05, 3.63) is 77.2 Å². The van der Waals surface area contributed by atoms with Gasteiger partial charge in [0, 0.05) is 16.0 Å². The van der Waals surface area contributed by atoms with Gasteiger partial charge in [-0.2, -0.15) is 0 Å². The number of nitrogens with one attached hydrogen (secondary N) is 1. The topological polar surface area (TPSA) is 55.4 Å². The number of hydrogen-bond acceptors (Lipinski definition) is 5. The molecule has 1 saturated heterocycles. The molecule has 1 unspecified atom stereocenters. The van der Waals surface area contributed by atoms with Crippen molar-refractivity contribution in [1.29, 1.82) is 0 Å². The second-order valence-electron chi connectivity index (χ2n) is 6.97. The molecular formula is C23H17NO3S2. The van der Waals surface area contributed by atoms with Crippen molar-refractivity contribution in [3.63, 3.8) is 0 Å². The number of carbonyl (C=O) groups is 2. The molecule has 0 saturated carbocycles. The van der Waals surface area contributed by atoms with Crippen LogP contribution < -0.4 is 10.1 Å². The third-order valence-corrected chi connectivity index (χ3v) is 7.02. The number of amides is 2. The Balaban J connectivity index is 1.30. The average Bonchev–Trinajstić information content (AvgIpc) is 3.27. The fourth-order valence-electron chi connectivity index (χ4n) is 3.46. The van der Waals surface area contributed by atoms with Crippen LogP contribution in [0.15, 0.2) is 66.7 Å². The van der Waals surface area contributed by atoms with Crippen molar-refractivity contribution in [2.45, 2.75) is 18.3 Å². The van der Waals surface area contributed by atoms with Gasteiger partial charge in [0.15, 0.2) is 0 Å². The monoisotopic (exact) mass is 419 g/mol. The predicted molar refractivity (Wildman–Crippen MR) is 119 cm³/mol. The van der Waals surface area contributed by atoms with Crippen LogP contribution in [0.2, 0.25) is 0 Å². The van der Waals surface area contributed by atoms with Gasteiger partial charge in [-0.3, -0.25) is 14.9 Å². The molecule has 3 aromatic carbocycles. The Hall–Kier alpha value is -2.83. The van der Waals surface area contributed by atoms with Gasteiger partial charge in [0.2, 0.25) is 5.91 Å². The Morgan fingerprint density at radius 3 is 2.55 bits per heavy atom. The van der Waals surface area contributed by atoms with E-state index in [0.29, 0.717) is 13.0 Å². The van der Waals surface area contributed by atoms with E-state index in [-0.39, 0.29) is 16.4 Å². The van der Waals surface area contributed by atoms with Crippen molar-refractivity contribution >= 4 is 55.1 Å². The Morgan fingerprint density at radius 2 is 1.72 bits per heavy atom.